The van der Waals surface area contributed by atoms with Crippen molar-refractivity contribution in [2.45, 2.75) is 26.4 Å². The minimum Gasteiger partial charge on any atom is -0.497 e. The Morgan fingerprint density at radius 2 is 2.06 bits per heavy atom. The average Bonchev–Trinajstić information content (AvgIpc) is 2.29. The monoisotopic (exact) mass is 224 g/mol. The Morgan fingerprint density at radius 1 is 1.38 bits per heavy atom. The molecule has 1 aromatic carbocycles. The fraction of sp³-hybridized carbons (Fsp3) is 0.455. The van der Waals surface area contributed by atoms with E-state index in [1.165, 1.54) is 7.11 Å². The Kier molecular flexibility index (Phi) is 4.64. The molecule has 0 aliphatic rings. The summed E-state index contributed by atoms with van der Waals surface area (Å²) < 4.78 is 10.6. The summed E-state index contributed by atoms with van der Waals surface area (Å²) in [5.41, 5.74) is 0.319. The van der Waals surface area contributed by atoms with Crippen molar-refractivity contribution >= 4 is 12.6 Å². The first kappa shape index (κ1) is 12.9. The van der Waals surface area contributed by atoms with Crippen LogP contribution in [0.3, 0.4) is 0 Å². The van der Waals surface area contributed by atoms with Crippen LogP contribution in [0.15, 0.2) is 18.2 Å². The van der Waals surface area contributed by atoms with Crippen molar-refractivity contribution in [3.05, 3.63) is 18.2 Å². The van der Waals surface area contributed by atoms with Crippen molar-refractivity contribution in [2.75, 3.05) is 7.11 Å². The molecule has 1 unspecified atom stereocenters. The van der Waals surface area contributed by atoms with Gasteiger partial charge in [0.25, 0.3) is 0 Å². The van der Waals surface area contributed by atoms with E-state index in [1.54, 1.807) is 18.2 Å². The van der Waals surface area contributed by atoms with Crippen molar-refractivity contribution in [1.82, 2.24) is 0 Å². The van der Waals surface area contributed by atoms with E-state index in [4.69, 9.17) is 9.47 Å². The van der Waals surface area contributed by atoms with E-state index in [1.807, 2.05) is 13.8 Å². The van der Waals surface area contributed by atoms with Crippen LogP contribution in [0.4, 0.5) is 0 Å². The van der Waals surface area contributed by atoms with E-state index in [9.17, 15) is 10.0 Å². The summed E-state index contributed by atoms with van der Waals surface area (Å²) in [5, 5.41) is 18.5. The van der Waals surface area contributed by atoms with E-state index in [-0.39, 0.29) is 6.10 Å². The predicted octanol–water partition coefficient (Wildman–Crippen LogP) is 0.552. The first-order valence-electron chi connectivity index (χ1n) is 5.29. The lowest BCUT2D eigenvalue weighted by atomic mass is 9.79. The van der Waals surface area contributed by atoms with Gasteiger partial charge in [0.15, 0.2) is 0 Å². The van der Waals surface area contributed by atoms with E-state index in [2.05, 4.69) is 0 Å². The number of ether oxygens (including phenoxy) is 2. The van der Waals surface area contributed by atoms with Crippen LogP contribution in [0, 0.1) is 0 Å². The molecule has 0 heterocycles. The molecule has 0 saturated carbocycles. The van der Waals surface area contributed by atoms with Crippen LogP contribution in [0.2, 0.25) is 0 Å². The zero-order chi connectivity index (χ0) is 12.1. The second-order valence-electron chi connectivity index (χ2n) is 3.61. The van der Waals surface area contributed by atoms with Gasteiger partial charge >= 0.3 is 7.12 Å². The first-order valence-corrected chi connectivity index (χ1v) is 5.29. The third-order valence-electron chi connectivity index (χ3n) is 2.40. The normalized spacial score (nSPS) is 12.1. The minimum absolute atomic E-state index is 0.0332. The molecule has 0 fully saturated rings. The van der Waals surface area contributed by atoms with Crippen molar-refractivity contribution in [2.24, 2.45) is 0 Å². The molecule has 16 heavy (non-hydrogen) atoms. The van der Waals surface area contributed by atoms with Gasteiger partial charge in [-0.15, -0.1) is 0 Å². The molecule has 2 N–H and O–H groups in total. The summed E-state index contributed by atoms with van der Waals surface area (Å²) >= 11 is 0. The molecule has 4 nitrogen and oxygen atoms in total. The maximum absolute atomic E-state index is 9.23. The van der Waals surface area contributed by atoms with Gasteiger partial charge in [0, 0.05) is 5.46 Å². The number of rotatable bonds is 5. The van der Waals surface area contributed by atoms with Crippen LogP contribution in [0.25, 0.3) is 0 Å². The predicted molar refractivity (Wildman–Crippen MR) is 63.2 cm³/mol. The highest BCUT2D eigenvalue weighted by Gasteiger charge is 2.19. The highest BCUT2D eigenvalue weighted by Crippen LogP contribution is 2.17. The zero-order valence-corrected chi connectivity index (χ0v) is 9.80. The van der Waals surface area contributed by atoms with Gasteiger partial charge in [-0.2, -0.15) is 0 Å². The zero-order valence-electron chi connectivity index (χ0n) is 9.80. The van der Waals surface area contributed by atoms with Gasteiger partial charge in [-0.25, -0.2) is 0 Å². The van der Waals surface area contributed by atoms with Crippen molar-refractivity contribution in [3.63, 3.8) is 0 Å². The molecule has 5 heteroatoms. The summed E-state index contributed by atoms with van der Waals surface area (Å²) in [4.78, 5) is 0. The molecule has 0 radical (unpaired) electrons. The highest BCUT2D eigenvalue weighted by molar-refractivity contribution is 6.59. The van der Waals surface area contributed by atoms with Crippen LogP contribution < -0.4 is 14.9 Å². The lowest BCUT2D eigenvalue weighted by Gasteiger charge is -2.16. The van der Waals surface area contributed by atoms with E-state index in [0.29, 0.717) is 17.0 Å². The highest BCUT2D eigenvalue weighted by atomic mass is 16.5. The largest absolute Gasteiger partial charge is 0.497 e. The molecule has 0 amide bonds. The van der Waals surface area contributed by atoms with E-state index >= 15 is 0 Å². The van der Waals surface area contributed by atoms with Crippen LogP contribution in [-0.2, 0) is 0 Å². The second-order valence-corrected chi connectivity index (χ2v) is 3.61. The maximum atomic E-state index is 9.23. The molecule has 1 rings (SSSR count). The maximum Gasteiger partial charge on any atom is 0.492 e. The smallest absolute Gasteiger partial charge is 0.492 e. The van der Waals surface area contributed by atoms with Gasteiger partial charge in [-0.05, 0) is 31.5 Å². The fourth-order valence-corrected chi connectivity index (χ4v) is 1.26. The Labute approximate surface area is 96.0 Å². The van der Waals surface area contributed by atoms with Gasteiger partial charge < -0.3 is 19.5 Å². The topological polar surface area (TPSA) is 58.9 Å². The van der Waals surface area contributed by atoms with Crippen molar-refractivity contribution in [3.8, 4) is 11.5 Å². The molecular weight excluding hydrogens is 207 g/mol. The van der Waals surface area contributed by atoms with Gasteiger partial charge in [0.05, 0.1) is 13.2 Å². The first-order chi connectivity index (χ1) is 7.58. The Bertz CT molecular complexity index is 341. The van der Waals surface area contributed by atoms with E-state index in [0.717, 1.165) is 6.42 Å². The number of hydrogen-bond donors (Lipinski definition) is 2. The molecule has 0 aromatic heterocycles. The van der Waals surface area contributed by atoms with E-state index < -0.39 is 7.12 Å². The van der Waals surface area contributed by atoms with Crippen molar-refractivity contribution < 1.29 is 19.5 Å². The molecule has 0 spiro atoms. The minimum atomic E-state index is -1.56. The summed E-state index contributed by atoms with van der Waals surface area (Å²) in [7, 11) is -0.0351. The summed E-state index contributed by atoms with van der Waals surface area (Å²) in [6.07, 6.45) is 0.887. The quantitative estimate of drug-likeness (QED) is 0.717. The van der Waals surface area contributed by atoms with Gasteiger partial charge in [0.1, 0.15) is 11.5 Å². The van der Waals surface area contributed by atoms with Crippen LogP contribution in [0.5, 0.6) is 11.5 Å². The Hall–Kier alpha value is -1.20. The van der Waals surface area contributed by atoms with Crippen molar-refractivity contribution in [1.29, 1.82) is 0 Å². The second kappa shape index (κ2) is 5.77. The lowest BCUT2D eigenvalue weighted by molar-refractivity contribution is 0.218. The number of benzene rings is 1. The van der Waals surface area contributed by atoms with Gasteiger partial charge in [-0.3, -0.25) is 0 Å². The molecule has 0 aliphatic heterocycles. The Balaban J connectivity index is 2.98. The summed E-state index contributed by atoms with van der Waals surface area (Å²) in [5.74, 6) is 1.05. The molecule has 88 valence electrons. The number of methoxy groups -OCH3 is 1. The average molecular weight is 224 g/mol. The molecule has 1 aromatic rings. The third-order valence-corrected chi connectivity index (χ3v) is 2.40. The standard InChI is InChI=1S/C11H17BO4/c1-4-8(2)16-11-6-5-9(15-3)7-10(11)12(13)14/h5-8,13-14H,4H2,1-3H3. The summed E-state index contributed by atoms with van der Waals surface area (Å²) in [6.45, 7) is 3.93. The number of hydrogen-bond acceptors (Lipinski definition) is 4. The lowest BCUT2D eigenvalue weighted by Crippen LogP contribution is -2.32. The molecule has 1 atom stereocenters. The molecule has 0 aliphatic carbocycles. The van der Waals surface area contributed by atoms with Gasteiger partial charge in [0.2, 0.25) is 0 Å². The van der Waals surface area contributed by atoms with Crippen LogP contribution >= 0.6 is 0 Å². The molecular formula is C11H17BO4. The SMILES string of the molecule is CCC(C)Oc1ccc(OC)cc1B(O)O. The molecule has 0 saturated heterocycles. The summed E-state index contributed by atoms with van der Waals surface area (Å²) in [6, 6.07) is 4.96. The fourth-order valence-electron chi connectivity index (χ4n) is 1.26. The van der Waals surface area contributed by atoms with Crippen LogP contribution in [-0.4, -0.2) is 30.4 Å². The van der Waals surface area contributed by atoms with Gasteiger partial charge in [-0.1, -0.05) is 6.92 Å². The Morgan fingerprint density at radius 3 is 2.56 bits per heavy atom. The third kappa shape index (κ3) is 3.15. The van der Waals surface area contributed by atoms with Crippen LogP contribution in [0.1, 0.15) is 20.3 Å². The molecule has 0 bridgehead atoms.